The average molecular weight is 488 g/mol. The zero-order chi connectivity index (χ0) is 25.7. The molecule has 1 nitrogen and oxygen atoms in total. The Labute approximate surface area is 224 Å². The van der Waals surface area contributed by atoms with Gasteiger partial charge in [0.05, 0.1) is 11.4 Å². The highest BCUT2D eigenvalue weighted by atomic mass is 15.2. The predicted molar refractivity (Wildman–Crippen MR) is 162 cm³/mol. The van der Waals surface area contributed by atoms with E-state index < -0.39 is 0 Å². The molecule has 0 radical (unpaired) electrons. The van der Waals surface area contributed by atoms with Gasteiger partial charge in [0, 0.05) is 11.1 Å². The highest BCUT2D eigenvalue weighted by Gasteiger charge is 2.37. The van der Waals surface area contributed by atoms with E-state index in [1.807, 2.05) is 0 Å². The number of benzene rings is 6. The van der Waals surface area contributed by atoms with E-state index in [4.69, 9.17) is 0 Å². The maximum absolute atomic E-state index is 2.44. The number of para-hydroxylation sites is 1. The minimum absolute atomic E-state index is 0.126. The van der Waals surface area contributed by atoms with Crippen LogP contribution in [-0.2, 0) is 5.41 Å². The van der Waals surface area contributed by atoms with Gasteiger partial charge in [0.15, 0.2) is 0 Å². The summed E-state index contributed by atoms with van der Waals surface area (Å²) in [6.45, 7) is 4.70. The van der Waals surface area contributed by atoms with Crippen LogP contribution < -0.4 is 4.90 Å². The summed E-state index contributed by atoms with van der Waals surface area (Å²) in [7, 11) is 0. The van der Waals surface area contributed by atoms with Crippen LogP contribution in [0.5, 0.6) is 0 Å². The molecule has 0 saturated heterocycles. The maximum Gasteiger partial charge on any atom is 0.0503 e. The monoisotopic (exact) mass is 487 g/mol. The summed E-state index contributed by atoms with van der Waals surface area (Å²) in [6.07, 6.45) is 0. The number of anilines is 3. The van der Waals surface area contributed by atoms with E-state index in [1.165, 1.54) is 61.2 Å². The van der Waals surface area contributed by atoms with Crippen molar-refractivity contribution >= 4 is 27.8 Å². The van der Waals surface area contributed by atoms with Crippen LogP contribution in [0.1, 0.15) is 25.0 Å². The second kappa shape index (κ2) is 8.75. The quantitative estimate of drug-likeness (QED) is 0.240. The van der Waals surface area contributed by atoms with Crippen molar-refractivity contribution in [2.45, 2.75) is 19.3 Å². The van der Waals surface area contributed by atoms with Gasteiger partial charge in [0.1, 0.15) is 0 Å². The van der Waals surface area contributed by atoms with Crippen LogP contribution in [0.15, 0.2) is 140 Å². The standard InChI is InChI=1S/C37H29N/c1-37(2)33-14-8-9-15-35(33)38(32-22-20-27-12-6-7-13-30(27)24-32)36-23-21-31(25-34(36)37)29-18-16-28(17-19-29)26-10-4-3-5-11-26/h3-25H,1-2H3. The van der Waals surface area contributed by atoms with Gasteiger partial charge in [0.2, 0.25) is 0 Å². The third-order valence-corrected chi connectivity index (χ3v) is 8.05. The molecule has 1 heteroatoms. The van der Waals surface area contributed by atoms with Crippen LogP contribution >= 0.6 is 0 Å². The molecule has 0 fully saturated rings. The fourth-order valence-corrected chi connectivity index (χ4v) is 5.96. The SMILES string of the molecule is CC1(C)c2ccccc2N(c2ccc3ccccc3c2)c2ccc(-c3ccc(-c4ccccc4)cc3)cc21. The number of rotatable bonds is 3. The van der Waals surface area contributed by atoms with Crippen LogP contribution in [0.3, 0.4) is 0 Å². The van der Waals surface area contributed by atoms with Crippen LogP contribution in [-0.4, -0.2) is 0 Å². The molecular formula is C37H29N. The molecule has 0 saturated carbocycles. The van der Waals surface area contributed by atoms with Gasteiger partial charge in [-0.15, -0.1) is 0 Å². The zero-order valence-electron chi connectivity index (χ0n) is 21.7. The molecule has 0 aromatic heterocycles. The molecule has 0 unspecified atom stereocenters. The number of nitrogens with zero attached hydrogens (tertiary/aromatic N) is 1. The lowest BCUT2D eigenvalue weighted by atomic mass is 9.73. The largest absolute Gasteiger partial charge is 0.310 e. The fraction of sp³-hybridized carbons (Fsp3) is 0.0811. The maximum atomic E-state index is 2.44. The average Bonchev–Trinajstić information content (AvgIpc) is 2.98. The highest BCUT2D eigenvalue weighted by Crippen LogP contribution is 2.52. The first kappa shape index (κ1) is 22.6. The van der Waals surface area contributed by atoms with Crippen molar-refractivity contribution in [1.82, 2.24) is 0 Å². The fourth-order valence-electron chi connectivity index (χ4n) is 5.96. The highest BCUT2D eigenvalue weighted by molar-refractivity contribution is 5.92. The molecule has 38 heavy (non-hydrogen) atoms. The summed E-state index contributed by atoms with van der Waals surface area (Å²) < 4.78 is 0. The molecular weight excluding hydrogens is 458 g/mol. The number of fused-ring (bicyclic) bond motifs is 3. The summed E-state index contributed by atoms with van der Waals surface area (Å²) in [4.78, 5) is 2.44. The lowest BCUT2D eigenvalue weighted by Gasteiger charge is -2.42. The Morgan fingerprint density at radius 2 is 1.00 bits per heavy atom. The molecule has 0 aliphatic carbocycles. The zero-order valence-corrected chi connectivity index (χ0v) is 21.7. The van der Waals surface area contributed by atoms with E-state index in [2.05, 4.69) is 158 Å². The summed E-state index contributed by atoms with van der Waals surface area (Å²) in [6, 6.07) is 50.7. The third-order valence-electron chi connectivity index (χ3n) is 8.05. The molecule has 0 spiro atoms. The molecule has 0 bridgehead atoms. The first-order valence-electron chi connectivity index (χ1n) is 13.3. The smallest absolute Gasteiger partial charge is 0.0503 e. The summed E-state index contributed by atoms with van der Waals surface area (Å²) in [5, 5.41) is 2.51. The van der Waals surface area contributed by atoms with Crippen LogP contribution in [0, 0.1) is 0 Å². The first-order chi connectivity index (χ1) is 18.6. The van der Waals surface area contributed by atoms with Gasteiger partial charge in [-0.2, -0.15) is 0 Å². The van der Waals surface area contributed by atoms with Gasteiger partial charge in [-0.3, -0.25) is 0 Å². The normalized spacial score (nSPS) is 13.7. The Morgan fingerprint density at radius 3 is 1.79 bits per heavy atom. The van der Waals surface area contributed by atoms with Crippen LogP contribution in [0.4, 0.5) is 17.1 Å². The molecule has 7 rings (SSSR count). The minimum Gasteiger partial charge on any atom is -0.310 e. The summed E-state index contributed by atoms with van der Waals surface area (Å²) >= 11 is 0. The van der Waals surface area contributed by atoms with Gasteiger partial charge in [-0.05, 0) is 74.5 Å². The van der Waals surface area contributed by atoms with E-state index in [-0.39, 0.29) is 5.41 Å². The van der Waals surface area contributed by atoms with Gasteiger partial charge in [-0.25, -0.2) is 0 Å². The van der Waals surface area contributed by atoms with Crippen molar-refractivity contribution in [3.8, 4) is 22.3 Å². The van der Waals surface area contributed by atoms with Crippen molar-refractivity contribution in [3.63, 3.8) is 0 Å². The predicted octanol–water partition coefficient (Wildman–Crippen LogP) is 10.3. The molecule has 1 heterocycles. The number of hydrogen-bond acceptors (Lipinski definition) is 1. The van der Waals surface area contributed by atoms with E-state index in [9.17, 15) is 0 Å². The molecule has 6 aromatic carbocycles. The van der Waals surface area contributed by atoms with E-state index in [1.54, 1.807) is 0 Å². The Morgan fingerprint density at radius 1 is 0.421 bits per heavy atom. The minimum atomic E-state index is -0.126. The third kappa shape index (κ3) is 3.63. The second-order valence-electron chi connectivity index (χ2n) is 10.7. The van der Waals surface area contributed by atoms with Gasteiger partial charge < -0.3 is 4.90 Å². The second-order valence-corrected chi connectivity index (χ2v) is 10.7. The molecule has 1 aliphatic rings. The molecule has 0 N–H and O–H groups in total. The van der Waals surface area contributed by atoms with Crippen LogP contribution in [0.2, 0.25) is 0 Å². The van der Waals surface area contributed by atoms with Crippen molar-refractivity contribution in [2.24, 2.45) is 0 Å². The Balaban J connectivity index is 1.37. The Hall–Kier alpha value is -4.62. The van der Waals surface area contributed by atoms with Crippen molar-refractivity contribution in [2.75, 3.05) is 4.90 Å². The topological polar surface area (TPSA) is 3.24 Å². The van der Waals surface area contributed by atoms with Gasteiger partial charge >= 0.3 is 0 Å². The van der Waals surface area contributed by atoms with E-state index in [0.29, 0.717) is 0 Å². The Kier molecular flexibility index (Phi) is 5.19. The summed E-state index contributed by atoms with van der Waals surface area (Å²) in [5.74, 6) is 0. The van der Waals surface area contributed by atoms with Crippen molar-refractivity contribution in [1.29, 1.82) is 0 Å². The molecule has 182 valence electrons. The van der Waals surface area contributed by atoms with Gasteiger partial charge in [-0.1, -0.05) is 123 Å². The van der Waals surface area contributed by atoms with E-state index in [0.717, 1.165) is 0 Å². The number of hydrogen-bond donors (Lipinski definition) is 0. The molecule has 0 amide bonds. The molecule has 0 atom stereocenters. The van der Waals surface area contributed by atoms with Crippen LogP contribution in [0.25, 0.3) is 33.0 Å². The van der Waals surface area contributed by atoms with E-state index >= 15 is 0 Å². The lowest BCUT2D eigenvalue weighted by Crippen LogP contribution is -2.30. The Bertz CT molecular complexity index is 1780. The van der Waals surface area contributed by atoms with Crippen molar-refractivity contribution in [3.05, 3.63) is 151 Å². The van der Waals surface area contributed by atoms with Crippen molar-refractivity contribution < 1.29 is 0 Å². The molecule has 6 aromatic rings. The molecule has 1 aliphatic heterocycles. The lowest BCUT2D eigenvalue weighted by molar-refractivity contribution is 0.632. The van der Waals surface area contributed by atoms with Gasteiger partial charge in [0.25, 0.3) is 0 Å². The summed E-state index contributed by atoms with van der Waals surface area (Å²) in [5.41, 5.74) is 11.2. The first-order valence-corrected chi connectivity index (χ1v) is 13.3.